The Bertz CT molecular complexity index is 3170. The lowest BCUT2D eigenvalue weighted by molar-refractivity contribution is -0.164. The van der Waals surface area contributed by atoms with Crippen LogP contribution in [0.3, 0.4) is 0 Å². The van der Waals surface area contributed by atoms with Crippen LogP contribution in [0.25, 0.3) is 0 Å². The molecule has 2 aromatic carbocycles. The van der Waals surface area contributed by atoms with E-state index in [1.165, 1.54) is 18.5 Å². The highest BCUT2D eigenvalue weighted by molar-refractivity contribution is 7.84. The molecular weight excluding hydrogens is 1140 g/mol. The number of carbonyl (C=O) groups excluding carboxylic acids is 7. The first-order valence-corrected chi connectivity index (χ1v) is 28.9. The van der Waals surface area contributed by atoms with Gasteiger partial charge in [0.1, 0.15) is 45.9 Å². The molecule has 28 nitrogen and oxygen atoms in total. The number of benzene rings is 2. The van der Waals surface area contributed by atoms with Gasteiger partial charge in [0.2, 0.25) is 11.6 Å². The van der Waals surface area contributed by atoms with Crippen LogP contribution in [0.2, 0.25) is 0 Å². The molecule has 0 radical (unpaired) electrons. The Morgan fingerprint density at radius 3 is 1.93 bits per heavy atom. The summed E-state index contributed by atoms with van der Waals surface area (Å²) < 4.78 is 64.0. The topological polar surface area (TPSA) is 352 Å². The van der Waals surface area contributed by atoms with Crippen LogP contribution in [-0.4, -0.2) is 149 Å². The Kier molecular flexibility index (Phi) is 20.2. The van der Waals surface area contributed by atoms with Crippen molar-refractivity contribution in [2.45, 2.75) is 168 Å². The Morgan fingerprint density at radius 1 is 0.821 bits per heavy atom. The standard InChI is InChI=1S/C54H72N12O16S2/c1-32(65(49(73)81-53(11,12)13)44(60-47(71)79-51(5,6)7)55-27-20-28-56-46(70)78-50(2,3)4)35-29-57-64(62-35)30-37-39(42(68)66(37)84(74,75)76)59-41(67)38(36-31-83-45(58-36)61-48(72)80-52(8,9)10)63-82-54(25-26-54)43(69)77-40(33-21-16-14-17-22-33)34-23-18-15-19-24-34/h14-19,21-24,29,31-32,37,39-40H,20,25-28,30H2,1-13H3,(H,56,70)(H,59,67)(H,55,60,71)(H,58,61,72)(H,74,75,76)/b63-38-/t32?,37-,39+/m1/s1. The molecule has 1 saturated carbocycles. The van der Waals surface area contributed by atoms with Crippen LogP contribution in [0.1, 0.15) is 144 Å². The van der Waals surface area contributed by atoms with Crippen LogP contribution in [0.4, 0.5) is 24.3 Å². The minimum atomic E-state index is -5.31. The molecular formula is C54H72N12O16S2. The second-order valence-corrected chi connectivity index (χ2v) is 25.5. The van der Waals surface area contributed by atoms with Crippen molar-refractivity contribution in [1.82, 2.24) is 45.1 Å². The molecule has 1 saturated heterocycles. The lowest BCUT2D eigenvalue weighted by Crippen LogP contribution is -2.73. The minimum absolute atomic E-state index is 0.00642. The Hall–Kier alpha value is -8.25. The molecule has 1 aliphatic heterocycles. The normalized spacial score (nSPS) is 16.8. The number of rotatable bonds is 19. The molecule has 84 heavy (non-hydrogen) atoms. The molecule has 30 heteroatoms. The van der Waals surface area contributed by atoms with Crippen LogP contribution in [0.5, 0.6) is 0 Å². The molecule has 6 amide bonds. The first-order chi connectivity index (χ1) is 39.0. The number of hydrogen-bond acceptors (Lipinski definition) is 21. The van der Waals surface area contributed by atoms with Gasteiger partial charge in [-0.05, 0) is 108 Å². The van der Waals surface area contributed by atoms with E-state index in [1.807, 2.05) is 12.1 Å². The zero-order chi connectivity index (χ0) is 62.2. The molecule has 456 valence electrons. The highest BCUT2D eigenvalue weighted by Gasteiger charge is 2.57. The second-order valence-electron chi connectivity index (χ2n) is 23.4. The Balaban J connectivity index is 1.29. The number of guanidine groups is 1. The fraction of sp³-hybridized carbons (Fsp3) is 0.519. The molecule has 0 bridgehead atoms. The summed E-state index contributed by atoms with van der Waals surface area (Å²) in [6.45, 7) is 20.6. The number of carbonyl (C=O) groups is 7. The van der Waals surface area contributed by atoms with Gasteiger partial charge in [0, 0.05) is 31.3 Å². The second kappa shape index (κ2) is 26.1. The summed E-state index contributed by atoms with van der Waals surface area (Å²) in [5, 5.41) is 24.1. The van der Waals surface area contributed by atoms with Crippen molar-refractivity contribution in [3.63, 3.8) is 0 Å². The number of aliphatic imine (C=N–C) groups is 1. The number of amides is 6. The van der Waals surface area contributed by atoms with Crippen LogP contribution in [0, 0.1) is 0 Å². The number of oxime groups is 1. The van der Waals surface area contributed by atoms with Gasteiger partial charge in [-0.3, -0.25) is 29.8 Å². The average molecular weight is 1210 g/mol. The molecule has 1 unspecified atom stereocenters. The van der Waals surface area contributed by atoms with Crippen molar-refractivity contribution in [3.8, 4) is 0 Å². The highest BCUT2D eigenvalue weighted by Crippen LogP contribution is 2.43. The van der Waals surface area contributed by atoms with E-state index in [1.54, 1.807) is 132 Å². The lowest BCUT2D eigenvalue weighted by atomic mass is 9.98. The summed E-state index contributed by atoms with van der Waals surface area (Å²) in [5.41, 5.74) is -4.96. The number of nitrogens with zero attached hydrogens (tertiary/aromatic N) is 8. The van der Waals surface area contributed by atoms with Crippen molar-refractivity contribution in [2.24, 2.45) is 10.1 Å². The van der Waals surface area contributed by atoms with Gasteiger partial charge in [-0.15, -0.1) is 11.3 Å². The van der Waals surface area contributed by atoms with E-state index in [2.05, 4.69) is 46.6 Å². The maximum absolute atomic E-state index is 14.5. The van der Waals surface area contributed by atoms with Crippen molar-refractivity contribution >= 4 is 80.6 Å². The molecule has 2 fully saturated rings. The number of β-lactam (4-membered cyclic amide) rings is 1. The van der Waals surface area contributed by atoms with Crippen LogP contribution < -0.4 is 21.3 Å². The number of anilines is 1. The molecule has 4 aromatic rings. The third kappa shape index (κ3) is 18.6. The van der Waals surface area contributed by atoms with Gasteiger partial charge in [-0.1, -0.05) is 65.8 Å². The summed E-state index contributed by atoms with van der Waals surface area (Å²) in [6.07, 6.45) is -2.80. The van der Waals surface area contributed by atoms with Gasteiger partial charge in [0.15, 0.2) is 16.9 Å². The predicted molar refractivity (Wildman–Crippen MR) is 304 cm³/mol. The van der Waals surface area contributed by atoms with Crippen molar-refractivity contribution < 1.29 is 75.1 Å². The minimum Gasteiger partial charge on any atom is -0.450 e. The van der Waals surface area contributed by atoms with Gasteiger partial charge in [-0.2, -0.15) is 23.4 Å². The molecule has 2 aromatic heterocycles. The number of alkyl carbamates (subject to hydrolysis) is 2. The third-order valence-electron chi connectivity index (χ3n) is 11.5. The number of aromatic nitrogens is 4. The Labute approximate surface area is 490 Å². The maximum Gasteiger partial charge on any atom is 0.417 e. The van der Waals surface area contributed by atoms with E-state index in [9.17, 15) is 46.5 Å². The molecule has 3 atom stereocenters. The predicted octanol–water partition coefficient (Wildman–Crippen LogP) is 6.96. The molecule has 0 spiro atoms. The zero-order valence-electron chi connectivity index (χ0n) is 48.9. The fourth-order valence-corrected chi connectivity index (χ4v) is 9.28. The third-order valence-corrected chi connectivity index (χ3v) is 13.2. The van der Waals surface area contributed by atoms with E-state index < -0.39 is 117 Å². The van der Waals surface area contributed by atoms with E-state index in [0.29, 0.717) is 11.1 Å². The molecule has 6 rings (SSSR count). The zero-order valence-corrected chi connectivity index (χ0v) is 50.6. The van der Waals surface area contributed by atoms with Gasteiger partial charge >= 0.3 is 40.6 Å². The molecule has 3 heterocycles. The van der Waals surface area contributed by atoms with Gasteiger partial charge in [-0.25, -0.2) is 38.2 Å². The molecule has 5 N–H and O–H groups in total. The van der Waals surface area contributed by atoms with Crippen LogP contribution in [0.15, 0.2) is 82.4 Å². The van der Waals surface area contributed by atoms with Gasteiger partial charge in [0.05, 0.1) is 18.8 Å². The van der Waals surface area contributed by atoms with E-state index >= 15 is 0 Å². The largest absolute Gasteiger partial charge is 0.450 e. The Morgan fingerprint density at radius 2 is 1.38 bits per heavy atom. The maximum atomic E-state index is 14.5. The summed E-state index contributed by atoms with van der Waals surface area (Å²) in [4.78, 5) is 111. The summed E-state index contributed by atoms with van der Waals surface area (Å²) in [5.74, 6) is -3.64. The number of esters is 1. The van der Waals surface area contributed by atoms with Gasteiger partial charge < -0.3 is 39.2 Å². The number of thiazole rings is 1. The van der Waals surface area contributed by atoms with E-state index in [-0.39, 0.29) is 59.1 Å². The molecule has 2 aliphatic rings. The monoisotopic (exact) mass is 1210 g/mol. The van der Waals surface area contributed by atoms with Crippen molar-refractivity contribution in [1.29, 1.82) is 0 Å². The quantitative estimate of drug-likeness (QED) is 0.00925. The smallest absolute Gasteiger partial charge is 0.417 e. The fourth-order valence-electron chi connectivity index (χ4n) is 7.73. The number of ether oxygens (including phenoxy) is 5. The van der Waals surface area contributed by atoms with Crippen LogP contribution in [-0.2, 0) is 59.8 Å². The summed E-state index contributed by atoms with van der Waals surface area (Å²) in [6, 6.07) is 13.4. The van der Waals surface area contributed by atoms with E-state index in [4.69, 9.17) is 28.5 Å². The highest BCUT2D eigenvalue weighted by atomic mass is 32.2. The number of nitrogens with one attached hydrogen (secondary N) is 4. The first-order valence-electron chi connectivity index (χ1n) is 26.6. The van der Waals surface area contributed by atoms with Crippen molar-refractivity contribution in [3.05, 3.63) is 94.8 Å². The van der Waals surface area contributed by atoms with Crippen LogP contribution >= 0.6 is 11.3 Å². The SMILES string of the molecule is CC(c1cnn(C[C@@H]2[C@H](NC(=O)/C(=N\OC3(C(=O)OC(c4ccccc4)c4ccccc4)CC3)c3csc(NC(=O)OC(C)(C)C)n3)C(=O)N2S(=O)(=O)O)n1)N(C(=O)OC(C)(C)C)C(=NCCCNC(=O)OC(C)(C)C)NC(=O)OC(C)(C)C. The van der Waals surface area contributed by atoms with Gasteiger partial charge in [0.25, 0.3) is 11.8 Å². The van der Waals surface area contributed by atoms with E-state index in [0.717, 1.165) is 21.0 Å². The lowest BCUT2D eigenvalue weighted by Gasteiger charge is -2.43. The summed E-state index contributed by atoms with van der Waals surface area (Å²) in [7, 11) is -5.31. The first kappa shape index (κ1) is 64.9. The molecule has 1 aliphatic carbocycles. The average Bonchev–Trinajstić information content (AvgIpc) is 0.952. The van der Waals surface area contributed by atoms with Crippen molar-refractivity contribution in [2.75, 3.05) is 18.4 Å². The number of hydrogen-bond donors (Lipinski definition) is 5. The summed E-state index contributed by atoms with van der Waals surface area (Å²) >= 11 is 0.856.